The third-order valence-electron chi connectivity index (χ3n) is 5.05. The summed E-state index contributed by atoms with van der Waals surface area (Å²) in [7, 11) is 1.85. The molecule has 4 aromatic rings. The van der Waals surface area contributed by atoms with Crippen molar-refractivity contribution in [3.63, 3.8) is 0 Å². The molecule has 0 spiro atoms. The minimum Gasteiger partial charge on any atom is -0.341 e. The van der Waals surface area contributed by atoms with E-state index in [9.17, 15) is 4.79 Å². The molecule has 0 radical (unpaired) electrons. The minimum atomic E-state index is 0.0654. The Kier molecular flexibility index (Phi) is 6.84. The summed E-state index contributed by atoms with van der Waals surface area (Å²) >= 11 is 3.13. The fourth-order valence-electron chi connectivity index (χ4n) is 3.28. The smallest absolute Gasteiger partial charge is 0.233 e. The summed E-state index contributed by atoms with van der Waals surface area (Å²) < 4.78 is 2.05. The molecular formula is C24H24N4OS2. The Morgan fingerprint density at radius 1 is 1.03 bits per heavy atom. The zero-order valence-electron chi connectivity index (χ0n) is 17.6. The van der Waals surface area contributed by atoms with Gasteiger partial charge in [-0.2, -0.15) is 0 Å². The molecule has 0 bridgehead atoms. The van der Waals surface area contributed by atoms with E-state index in [-0.39, 0.29) is 5.91 Å². The molecule has 0 unspecified atom stereocenters. The maximum absolute atomic E-state index is 12.8. The summed E-state index contributed by atoms with van der Waals surface area (Å²) in [6, 6.07) is 22.4. The number of hydrogen-bond acceptors (Lipinski definition) is 5. The first-order chi connectivity index (χ1) is 15.1. The Morgan fingerprint density at radius 2 is 1.81 bits per heavy atom. The Morgan fingerprint density at radius 3 is 2.55 bits per heavy atom. The van der Waals surface area contributed by atoms with Crippen LogP contribution >= 0.6 is 23.1 Å². The quantitative estimate of drug-likeness (QED) is 0.357. The van der Waals surface area contributed by atoms with Gasteiger partial charge in [0.15, 0.2) is 5.16 Å². The van der Waals surface area contributed by atoms with Gasteiger partial charge < -0.3 is 4.90 Å². The van der Waals surface area contributed by atoms with Crippen LogP contribution in [0.5, 0.6) is 0 Å². The van der Waals surface area contributed by atoms with Crippen LogP contribution in [0.4, 0.5) is 0 Å². The number of thiophene rings is 1. The number of hydrogen-bond donors (Lipinski definition) is 0. The van der Waals surface area contributed by atoms with Crippen LogP contribution in [0, 0.1) is 6.92 Å². The van der Waals surface area contributed by atoms with Gasteiger partial charge in [0.2, 0.25) is 5.91 Å². The molecule has 158 valence electrons. The van der Waals surface area contributed by atoms with E-state index in [0.717, 1.165) is 22.2 Å². The van der Waals surface area contributed by atoms with Crippen molar-refractivity contribution in [2.75, 3.05) is 12.8 Å². The lowest BCUT2D eigenvalue weighted by molar-refractivity contribution is -0.127. The van der Waals surface area contributed by atoms with E-state index >= 15 is 0 Å². The number of amides is 1. The lowest BCUT2D eigenvalue weighted by Crippen LogP contribution is -2.28. The topological polar surface area (TPSA) is 51.0 Å². The van der Waals surface area contributed by atoms with Gasteiger partial charge in [0.25, 0.3) is 0 Å². The lowest BCUT2D eigenvalue weighted by atomic mass is 10.1. The Labute approximate surface area is 190 Å². The molecule has 0 saturated heterocycles. The second-order valence-electron chi connectivity index (χ2n) is 7.29. The predicted molar refractivity (Wildman–Crippen MR) is 127 cm³/mol. The minimum absolute atomic E-state index is 0.0654. The van der Waals surface area contributed by atoms with Gasteiger partial charge in [0.1, 0.15) is 5.82 Å². The lowest BCUT2D eigenvalue weighted by Gasteiger charge is -2.18. The normalized spacial score (nSPS) is 10.9. The SMILES string of the molecule is Cc1ccccc1CN(C)C(=O)CSc1nnc(Cc2cccs2)n1-c1ccccc1. The Hall–Kier alpha value is -2.90. The molecule has 0 N–H and O–H groups in total. The molecule has 0 aliphatic rings. The maximum Gasteiger partial charge on any atom is 0.233 e. The van der Waals surface area contributed by atoms with E-state index in [4.69, 9.17) is 0 Å². The van der Waals surface area contributed by atoms with Crippen molar-refractivity contribution in [3.8, 4) is 5.69 Å². The third kappa shape index (κ3) is 5.24. The number of carbonyl (C=O) groups excluding carboxylic acids is 1. The predicted octanol–water partition coefficient (Wildman–Crippen LogP) is 4.98. The molecule has 31 heavy (non-hydrogen) atoms. The van der Waals surface area contributed by atoms with Gasteiger partial charge in [-0.05, 0) is 41.6 Å². The first-order valence-corrected chi connectivity index (χ1v) is 11.9. The van der Waals surface area contributed by atoms with Crippen molar-refractivity contribution in [1.29, 1.82) is 0 Å². The maximum atomic E-state index is 12.8. The van der Waals surface area contributed by atoms with E-state index in [0.29, 0.717) is 18.7 Å². The number of para-hydroxylation sites is 1. The highest BCUT2D eigenvalue weighted by molar-refractivity contribution is 7.99. The van der Waals surface area contributed by atoms with Crippen LogP contribution in [0.1, 0.15) is 21.8 Å². The fraction of sp³-hybridized carbons (Fsp3) is 0.208. The van der Waals surface area contributed by atoms with Gasteiger partial charge in [-0.1, -0.05) is 60.3 Å². The van der Waals surface area contributed by atoms with Crippen molar-refractivity contribution in [3.05, 3.63) is 93.9 Å². The van der Waals surface area contributed by atoms with Crippen LogP contribution in [-0.4, -0.2) is 38.4 Å². The molecule has 0 aliphatic heterocycles. The van der Waals surface area contributed by atoms with Crippen molar-refractivity contribution in [2.45, 2.75) is 25.0 Å². The van der Waals surface area contributed by atoms with Gasteiger partial charge in [0.05, 0.1) is 5.75 Å². The summed E-state index contributed by atoms with van der Waals surface area (Å²) in [5.41, 5.74) is 3.35. The summed E-state index contributed by atoms with van der Waals surface area (Å²) in [5.74, 6) is 1.25. The number of carbonyl (C=O) groups is 1. The molecule has 0 saturated carbocycles. The second-order valence-corrected chi connectivity index (χ2v) is 9.27. The Bertz CT molecular complexity index is 1140. The number of aryl methyl sites for hydroxylation is 1. The van der Waals surface area contributed by atoms with E-state index in [1.54, 1.807) is 16.2 Å². The molecule has 0 aliphatic carbocycles. The number of rotatable bonds is 8. The number of thioether (sulfide) groups is 1. The Balaban J connectivity index is 1.49. The zero-order valence-corrected chi connectivity index (χ0v) is 19.2. The molecule has 1 amide bonds. The molecular weight excluding hydrogens is 424 g/mol. The molecule has 5 nitrogen and oxygen atoms in total. The standard InChI is InChI=1S/C24H24N4OS2/c1-18-9-6-7-10-19(18)16-27(2)23(29)17-31-24-26-25-22(15-21-13-8-14-30-21)28(24)20-11-4-3-5-12-20/h3-14H,15-17H2,1-2H3. The van der Waals surface area contributed by atoms with Crippen LogP contribution in [0.3, 0.4) is 0 Å². The molecule has 2 heterocycles. The molecule has 2 aromatic heterocycles. The van der Waals surface area contributed by atoms with Gasteiger partial charge in [-0.25, -0.2) is 0 Å². The van der Waals surface area contributed by atoms with E-state index < -0.39 is 0 Å². The molecule has 4 rings (SSSR count). The highest BCUT2D eigenvalue weighted by Gasteiger charge is 2.18. The molecule has 2 aromatic carbocycles. The summed E-state index contributed by atoms with van der Waals surface area (Å²) in [6.07, 6.45) is 0.710. The average molecular weight is 449 g/mol. The van der Waals surface area contributed by atoms with Crippen molar-refractivity contribution in [2.24, 2.45) is 0 Å². The fourth-order valence-corrected chi connectivity index (χ4v) is 4.89. The van der Waals surface area contributed by atoms with Crippen LogP contribution in [-0.2, 0) is 17.8 Å². The summed E-state index contributed by atoms with van der Waals surface area (Å²) in [5, 5.41) is 11.7. The molecule has 0 fully saturated rings. The average Bonchev–Trinajstić information content (AvgIpc) is 3.44. The summed E-state index contributed by atoms with van der Waals surface area (Å²) in [4.78, 5) is 15.8. The number of nitrogens with zero attached hydrogens (tertiary/aromatic N) is 4. The van der Waals surface area contributed by atoms with Crippen molar-refractivity contribution in [1.82, 2.24) is 19.7 Å². The van der Waals surface area contributed by atoms with Crippen LogP contribution in [0.25, 0.3) is 5.69 Å². The van der Waals surface area contributed by atoms with E-state index in [1.807, 2.05) is 55.6 Å². The van der Waals surface area contributed by atoms with Crippen molar-refractivity contribution < 1.29 is 4.79 Å². The van der Waals surface area contributed by atoms with Gasteiger partial charge >= 0.3 is 0 Å². The van der Waals surface area contributed by atoms with Crippen LogP contribution < -0.4 is 0 Å². The van der Waals surface area contributed by atoms with E-state index in [2.05, 4.69) is 45.3 Å². The summed E-state index contributed by atoms with van der Waals surface area (Å²) in [6.45, 7) is 2.67. The highest BCUT2D eigenvalue weighted by Crippen LogP contribution is 2.25. The van der Waals surface area contributed by atoms with Gasteiger partial charge in [0, 0.05) is 30.6 Å². The molecule has 7 heteroatoms. The monoisotopic (exact) mass is 448 g/mol. The first kappa shape index (κ1) is 21.3. The largest absolute Gasteiger partial charge is 0.341 e. The van der Waals surface area contributed by atoms with Crippen LogP contribution in [0.15, 0.2) is 77.3 Å². The van der Waals surface area contributed by atoms with Gasteiger partial charge in [-0.15, -0.1) is 21.5 Å². The van der Waals surface area contributed by atoms with Crippen LogP contribution in [0.2, 0.25) is 0 Å². The number of aromatic nitrogens is 3. The second kappa shape index (κ2) is 9.94. The van der Waals surface area contributed by atoms with E-state index in [1.165, 1.54) is 22.2 Å². The van der Waals surface area contributed by atoms with Gasteiger partial charge in [-0.3, -0.25) is 9.36 Å². The van der Waals surface area contributed by atoms with Crippen molar-refractivity contribution >= 4 is 29.0 Å². The zero-order chi connectivity index (χ0) is 21.6. The molecule has 0 atom stereocenters. The number of benzene rings is 2. The third-order valence-corrected chi connectivity index (χ3v) is 6.84. The highest BCUT2D eigenvalue weighted by atomic mass is 32.2. The first-order valence-electron chi connectivity index (χ1n) is 10.0.